The van der Waals surface area contributed by atoms with Crippen molar-refractivity contribution in [2.45, 2.75) is 6.92 Å². The molecule has 1 amide bonds. The molecule has 7 nitrogen and oxygen atoms in total. The molecule has 0 spiro atoms. The Balaban J connectivity index is 2.10. The maximum atomic E-state index is 12.2. The number of hydrogen-bond acceptors (Lipinski definition) is 5. The van der Waals surface area contributed by atoms with Crippen LogP contribution in [0, 0.1) is 5.92 Å². The van der Waals surface area contributed by atoms with Crippen LogP contribution in [0.4, 0.5) is 0 Å². The van der Waals surface area contributed by atoms with E-state index in [4.69, 9.17) is 5.11 Å². The normalized spacial score (nSPS) is 12.1. The molecule has 1 unspecified atom stereocenters. The van der Waals surface area contributed by atoms with Crippen LogP contribution < -0.4 is 0 Å². The first-order valence-corrected chi connectivity index (χ1v) is 7.19. The molecule has 8 heteroatoms. The number of nitrogens with zero attached hydrogens (tertiary/aromatic N) is 4. The summed E-state index contributed by atoms with van der Waals surface area (Å²) in [7, 11) is 3.38. The second-order valence-corrected chi connectivity index (χ2v) is 5.72. The summed E-state index contributed by atoms with van der Waals surface area (Å²) in [6.07, 6.45) is 3.51. The molecule has 0 bridgehead atoms. The zero-order valence-electron chi connectivity index (χ0n) is 12.0. The van der Waals surface area contributed by atoms with Crippen molar-refractivity contribution >= 4 is 23.2 Å². The standard InChI is InChI=1S/C13H16N4O3S/c1-8(13(19)20)5-16(2)12(18)10-7-21-11(15-10)9-4-14-17(3)6-9/h4,6-8H,5H2,1-3H3,(H,19,20). The van der Waals surface area contributed by atoms with E-state index in [0.717, 1.165) is 5.56 Å². The molecule has 21 heavy (non-hydrogen) atoms. The van der Waals surface area contributed by atoms with Crippen LogP contribution in [0.2, 0.25) is 0 Å². The number of aryl methyl sites for hydroxylation is 1. The summed E-state index contributed by atoms with van der Waals surface area (Å²) < 4.78 is 1.67. The van der Waals surface area contributed by atoms with Crippen LogP contribution in [0.1, 0.15) is 17.4 Å². The fraction of sp³-hybridized carbons (Fsp3) is 0.385. The highest BCUT2D eigenvalue weighted by molar-refractivity contribution is 7.13. The zero-order chi connectivity index (χ0) is 15.6. The third-order valence-electron chi connectivity index (χ3n) is 2.99. The summed E-state index contributed by atoms with van der Waals surface area (Å²) in [5.74, 6) is -1.83. The predicted molar refractivity (Wildman–Crippen MR) is 78.1 cm³/mol. The smallest absolute Gasteiger partial charge is 0.308 e. The number of aliphatic carboxylic acids is 1. The van der Waals surface area contributed by atoms with E-state index in [2.05, 4.69) is 10.1 Å². The van der Waals surface area contributed by atoms with Crippen LogP contribution in [-0.4, -0.2) is 50.2 Å². The minimum atomic E-state index is -0.927. The molecule has 0 aliphatic heterocycles. The van der Waals surface area contributed by atoms with Gasteiger partial charge in [-0.2, -0.15) is 5.10 Å². The van der Waals surface area contributed by atoms with Crippen molar-refractivity contribution in [2.75, 3.05) is 13.6 Å². The van der Waals surface area contributed by atoms with Crippen LogP contribution in [0.15, 0.2) is 17.8 Å². The van der Waals surface area contributed by atoms with E-state index >= 15 is 0 Å². The molecule has 112 valence electrons. The van der Waals surface area contributed by atoms with Gasteiger partial charge >= 0.3 is 5.97 Å². The van der Waals surface area contributed by atoms with Crippen molar-refractivity contribution in [2.24, 2.45) is 13.0 Å². The molecule has 0 saturated heterocycles. The summed E-state index contributed by atoms with van der Waals surface area (Å²) in [6.45, 7) is 1.71. The number of carbonyl (C=O) groups is 2. The summed E-state index contributed by atoms with van der Waals surface area (Å²) in [6, 6.07) is 0. The van der Waals surface area contributed by atoms with Gasteiger partial charge in [-0.15, -0.1) is 11.3 Å². The van der Waals surface area contributed by atoms with Gasteiger partial charge in [0.15, 0.2) is 0 Å². The first-order chi connectivity index (χ1) is 9.88. The summed E-state index contributed by atoms with van der Waals surface area (Å²) in [5, 5.41) is 15.3. The summed E-state index contributed by atoms with van der Waals surface area (Å²) in [4.78, 5) is 28.7. The van der Waals surface area contributed by atoms with Crippen molar-refractivity contribution in [3.8, 4) is 10.6 Å². The van der Waals surface area contributed by atoms with Crippen LogP contribution in [0.25, 0.3) is 10.6 Å². The maximum absolute atomic E-state index is 12.2. The van der Waals surface area contributed by atoms with Crippen molar-refractivity contribution in [1.29, 1.82) is 0 Å². The van der Waals surface area contributed by atoms with Gasteiger partial charge in [0, 0.05) is 37.8 Å². The first-order valence-electron chi connectivity index (χ1n) is 6.31. The number of thiazole rings is 1. The molecular formula is C13H16N4O3S. The number of amides is 1. The van der Waals surface area contributed by atoms with Crippen LogP contribution in [0.3, 0.4) is 0 Å². The van der Waals surface area contributed by atoms with Gasteiger partial charge < -0.3 is 10.0 Å². The molecular weight excluding hydrogens is 292 g/mol. The Morgan fingerprint density at radius 2 is 2.24 bits per heavy atom. The average Bonchev–Trinajstić information content (AvgIpc) is 3.05. The van der Waals surface area contributed by atoms with Crippen molar-refractivity contribution in [3.63, 3.8) is 0 Å². The van der Waals surface area contributed by atoms with Crippen LogP contribution in [-0.2, 0) is 11.8 Å². The number of carboxylic acids is 1. The minimum Gasteiger partial charge on any atom is -0.481 e. The molecule has 0 aliphatic carbocycles. The third-order valence-corrected chi connectivity index (χ3v) is 3.88. The number of rotatable bonds is 5. The lowest BCUT2D eigenvalue weighted by Crippen LogP contribution is -2.33. The topological polar surface area (TPSA) is 88.3 Å². The second kappa shape index (κ2) is 6.04. The number of carbonyl (C=O) groups excluding carboxylic acids is 1. The molecule has 2 rings (SSSR count). The Kier molecular flexibility index (Phi) is 4.37. The van der Waals surface area contributed by atoms with E-state index in [1.807, 2.05) is 13.2 Å². The molecule has 2 aromatic heterocycles. The fourth-order valence-electron chi connectivity index (χ4n) is 1.80. The minimum absolute atomic E-state index is 0.147. The van der Waals surface area contributed by atoms with E-state index in [1.165, 1.54) is 16.2 Å². The Hall–Kier alpha value is -2.22. The third kappa shape index (κ3) is 3.46. The number of carboxylic acid groups (broad SMARTS) is 1. The molecule has 0 aromatic carbocycles. The molecule has 1 atom stereocenters. The summed E-state index contributed by atoms with van der Waals surface area (Å²) >= 11 is 1.36. The Bertz CT molecular complexity index is 664. The van der Waals surface area contributed by atoms with Gasteiger partial charge in [-0.25, -0.2) is 4.98 Å². The molecule has 0 aliphatic rings. The largest absolute Gasteiger partial charge is 0.481 e. The average molecular weight is 308 g/mol. The number of hydrogen-bond donors (Lipinski definition) is 1. The molecule has 2 aromatic rings. The van der Waals surface area contributed by atoms with Gasteiger partial charge in [0.05, 0.1) is 12.1 Å². The maximum Gasteiger partial charge on any atom is 0.308 e. The second-order valence-electron chi connectivity index (χ2n) is 4.87. The van der Waals surface area contributed by atoms with Crippen LogP contribution >= 0.6 is 11.3 Å². The molecule has 0 fully saturated rings. The molecule has 0 saturated carbocycles. The van der Waals surface area contributed by atoms with Crippen molar-refractivity contribution in [1.82, 2.24) is 19.7 Å². The Labute approximate surface area is 125 Å². The highest BCUT2D eigenvalue weighted by atomic mass is 32.1. The lowest BCUT2D eigenvalue weighted by atomic mass is 10.2. The van der Waals surface area contributed by atoms with Crippen molar-refractivity contribution in [3.05, 3.63) is 23.5 Å². The Morgan fingerprint density at radius 1 is 1.52 bits per heavy atom. The quantitative estimate of drug-likeness (QED) is 0.900. The fourth-order valence-corrected chi connectivity index (χ4v) is 2.57. The van der Waals surface area contributed by atoms with Gasteiger partial charge in [0.1, 0.15) is 10.7 Å². The SMILES string of the molecule is CC(CN(C)C(=O)c1csc(-c2cnn(C)c2)n1)C(=O)O. The van der Waals surface area contributed by atoms with E-state index in [-0.39, 0.29) is 12.5 Å². The van der Waals surface area contributed by atoms with Crippen molar-refractivity contribution < 1.29 is 14.7 Å². The van der Waals surface area contributed by atoms with Gasteiger partial charge in [-0.1, -0.05) is 6.92 Å². The molecule has 0 radical (unpaired) electrons. The van der Waals surface area contributed by atoms with Gasteiger partial charge in [0.25, 0.3) is 5.91 Å². The van der Waals surface area contributed by atoms with E-state index in [0.29, 0.717) is 10.7 Å². The van der Waals surface area contributed by atoms with E-state index in [1.54, 1.807) is 30.2 Å². The summed E-state index contributed by atoms with van der Waals surface area (Å²) in [5.41, 5.74) is 1.17. The van der Waals surface area contributed by atoms with Gasteiger partial charge in [0.2, 0.25) is 0 Å². The lowest BCUT2D eigenvalue weighted by molar-refractivity contribution is -0.141. The highest BCUT2D eigenvalue weighted by Crippen LogP contribution is 2.23. The highest BCUT2D eigenvalue weighted by Gasteiger charge is 2.20. The van der Waals surface area contributed by atoms with Crippen LogP contribution in [0.5, 0.6) is 0 Å². The molecule has 1 N–H and O–H groups in total. The Morgan fingerprint density at radius 3 is 2.81 bits per heavy atom. The predicted octanol–water partition coefficient (Wildman–Crippen LogP) is 1.34. The van der Waals surface area contributed by atoms with Gasteiger partial charge in [-0.3, -0.25) is 14.3 Å². The monoisotopic (exact) mass is 308 g/mol. The molecule has 2 heterocycles. The van der Waals surface area contributed by atoms with Gasteiger partial charge in [-0.05, 0) is 0 Å². The van der Waals surface area contributed by atoms with E-state index in [9.17, 15) is 9.59 Å². The van der Waals surface area contributed by atoms with E-state index < -0.39 is 11.9 Å². The lowest BCUT2D eigenvalue weighted by Gasteiger charge is -2.18. The number of aromatic nitrogens is 3. The zero-order valence-corrected chi connectivity index (χ0v) is 12.8. The first kappa shape index (κ1) is 15.2.